The Bertz CT molecular complexity index is 787. The summed E-state index contributed by atoms with van der Waals surface area (Å²) in [7, 11) is 0. The summed E-state index contributed by atoms with van der Waals surface area (Å²) < 4.78 is 0. The third kappa shape index (κ3) is 3.19. The minimum Gasteiger partial charge on any atom is -0.348 e. The van der Waals surface area contributed by atoms with E-state index in [2.05, 4.69) is 55.0 Å². The van der Waals surface area contributed by atoms with E-state index >= 15 is 0 Å². The molecule has 2 heterocycles. The molecule has 0 fully saturated rings. The number of hydrogen-bond donors (Lipinski definition) is 1. The van der Waals surface area contributed by atoms with Gasteiger partial charge in [-0.3, -0.25) is 4.98 Å². The number of aryl methyl sites for hydroxylation is 2. The first-order chi connectivity index (χ1) is 11.1. The van der Waals surface area contributed by atoms with E-state index in [0.717, 1.165) is 42.2 Å². The SMILES string of the molecule is C=C(C)NC1=Nc2c(CC)ncc(-c3cccc(C)c3)c2CC1. The van der Waals surface area contributed by atoms with E-state index < -0.39 is 0 Å². The van der Waals surface area contributed by atoms with E-state index in [9.17, 15) is 0 Å². The number of aromatic nitrogens is 1. The molecule has 0 saturated heterocycles. The Labute approximate surface area is 138 Å². The van der Waals surface area contributed by atoms with Gasteiger partial charge in [0.1, 0.15) is 5.84 Å². The molecule has 1 aliphatic rings. The summed E-state index contributed by atoms with van der Waals surface area (Å²) in [4.78, 5) is 9.52. The van der Waals surface area contributed by atoms with Crippen molar-refractivity contribution in [3.8, 4) is 11.1 Å². The Hall–Kier alpha value is -2.42. The van der Waals surface area contributed by atoms with Crippen molar-refractivity contribution in [1.82, 2.24) is 10.3 Å². The summed E-state index contributed by atoms with van der Waals surface area (Å²) in [5.74, 6) is 0.989. The molecule has 0 unspecified atom stereocenters. The minimum atomic E-state index is 0.889. The zero-order valence-corrected chi connectivity index (χ0v) is 14.1. The highest BCUT2D eigenvalue weighted by atomic mass is 15.0. The van der Waals surface area contributed by atoms with Crippen molar-refractivity contribution in [2.45, 2.75) is 40.0 Å². The first-order valence-electron chi connectivity index (χ1n) is 8.16. The van der Waals surface area contributed by atoms with E-state index in [1.54, 1.807) is 0 Å². The Kier molecular flexibility index (Phi) is 4.28. The average molecular weight is 305 g/mol. The van der Waals surface area contributed by atoms with Crippen LogP contribution in [-0.2, 0) is 12.8 Å². The lowest BCUT2D eigenvalue weighted by atomic mass is 9.93. The first-order valence-corrected chi connectivity index (χ1v) is 8.16. The molecule has 118 valence electrons. The van der Waals surface area contributed by atoms with Gasteiger partial charge < -0.3 is 5.32 Å². The number of fused-ring (bicyclic) bond motifs is 1. The maximum atomic E-state index is 4.85. The van der Waals surface area contributed by atoms with Crippen molar-refractivity contribution in [3.05, 3.63) is 59.6 Å². The Morgan fingerprint density at radius 1 is 1.30 bits per heavy atom. The predicted molar refractivity (Wildman–Crippen MR) is 97.2 cm³/mol. The molecule has 0 atom stereocenters. The minimum absolute atomic E-state index is 0.889. The zero-order valence-electron chi connectivity index (χ0n) is 14.1. The monoisotopic (exact) mass is 305 g/mol. The largest absolute Gasteiger partial charge is 0.348 e. The van der Waals surface area contributed by atoms with Gasteiger partial charge in [-0.05, 0) is 37.8 Å². The van der Waals surface area contributed by atoms with Crippen LogP contribution in [0.2, 0.25) is 0 Å². The molecule has 1 N–H and O–H groups in total. The zero-order chi connectivity index (χ0) is 16.4. The lowest BCUT2D eigenvalue weighted by Crippen LogP contribution is -2.24. The molecule has 0 amide bonds. The average Bonchev–Trinajstić information content (AvgIpc) is 2.53. The smallest absolute Gasteiger partial charge is 0.107 e. The fraction of sp³-hybridized carbons (Fsp3) is 0.300. The number of nitrogens with one attached hydrogen (secondary N) is 1. The van der Waals surface area contributed by atoms with E-state index in [4.69, 9.17) is 4.99 Å². The van der Waals surface area contributed by atoms with Crippen LogP contribution in [0.25, 0.3) is 11.1 Å². The van der Waals surface area contributed by atoms with Crippen molar-refractivity contribution < 1.29 is 0 Å². The van der Waals surface area contributed by atoms with Gasteiger partial charge in [-0.15, -0.1) is 0 Å². The molecule has 1 aliphatic heterocycles. The number of allylic oxidation sites excluding steroid dienone is 1. The summed E-state index contributed by atoms with van der Waals surface area (Å²) in [5.41, 5.74) is 8.04. The van der Waals surface area contributed by atoms with Crippen LogP contribution >= 0.6 is 0 Å². The van der Waals surface area contributed by atoms with Crippen molar-refractivity contribution >= 4 is 11.5 Å². The van der Waals surface area contributed by atoms with Gasteiger partial charge in [0.15, 0.2) is 0 Å². The summed E-state index contributed by atoms with van der Waals surface area (Å²) >= 11 is 0. The van der Waals surface area contributed by atoms with Crippen molar-refractivity contribution in [2.24, 2.45) is 4.99 Å². The van der Waals surface area contributed by atoms with E-state index in [-0.39, 0.29) is 0 Å². The first kappa shape index (κ1) is 15.5. The summed E-state index contributed by atoms with van der Waals surface area (Å²) in [6.07, 6.45) is 4.79. The van der Waals surface area contributed by atoms with E-state index in [0.29, 0.717) is 0 Å². The highest BCUT2D eigenvalue weighted by Gasteiger charge is 2.20. The number of amidine groups is 1. The molecule has 3 nitrogen and oxygen atoms in total. The van der Waals surface area contributed by atoms with Crippen LogP contribution < -0.4 is 5.32 Å². The quantitative estimate of drug-likeness (QED) is 0.891. The number of aliphatic imine (C=N–C) groups is 1. The van der Waals surface area contributed by atoms with Gasteiger partial charge in [-0.1, -0.05) is 43.3 Å². The van der Waals surface area contributed by atoms with Crippen LogP contribution in [0, 0.1) is 6.92 Å². The van der Waals surface area contributed by atoms with E-state index in [1.807, 2.05) is 13.1 Å². The molecule has 1 aromatic heterocycles. The van der Waals surface area contributed by atoms with Crippen LogP contribution in [0.1, 0.15) is 37.1 Å². The van der Waals surface area contributed by atoms with Crippen molar-refractivity contribution in [2.75, 3.05) is 0 Å². The second-order valence-electron chi connectivity index (χ2n) is 6.13. The third-order valence-corrected chi connectivity index (χ3v) is 4.11. The third-order valence-electron chi connectivity index (χ3n) is 4.11. The highest BCUT2D eigenvalue weighted by Crippen LogP contribution is 2.36. The van der Waals surface area contributed by atoms with Crippen molar-refractivity contribution in [3.63, 3.8) is 0 Å². The molecule has 1 aromatic carbocycles. The molecule has 0 radical (unpaired) electrons. The van der Waals surface area contributed by atoms with Crippen LogP contribution in [-0.4, -0.2) is 10.8 Å². The molecule has 0 spiro atoms. The second kappa shape index (κ2) is 6.37. The number of benzene rings is 1. The van der Waals surface area contributed by atoms with Gasteiger partial charge in [-0.2, -0.15) is 0 Å². The number of pyridine rings is 1. The maximum Gasteiger partial charge on any atom is 0.107 e. The fourth-order valence-electron chi connectivity index (χ4n) is 3.06. The molecule has 3 heteroatoms. The number of rotatable bonds is 3. The van der Waals surface area contributed by atoms with Gasteiger partial charge in [0.25, 0.3) is 0 Å². The number of hydrogen-bond acceptors (Lipinski definition) is 3. The van der Waals surface area contributed by atoms with Crippen LogP contribution in [0.15, 0.2) is 47.7 Å². The van der Waals surface area contributed by atoms with Crippen LogP contribution in [0.3, 0.4) is 0 Å². The molecular weight excluding hydrogens is 282 g/mol. The summed E-state index contributed by atoms with van der Waals surface area (Å²) in [6.45, 7) is 10.1. The lowest BCUT2D eigenvalue weighted by Gasteiger charge is -2.21. The molecule has 2 aromatic rings. The van der Waals surface area contributed by atoms with Crippen LogP contribution in [0.5, 0.6) is 0 Å². The Morgan fingerprint density at radius 3 is 2.83 bits per heavy atom. The molecule has 0 aliphatic carbocycles. The normalized spacial score (nSPS) is 13.3. The van der Waals surface area contributed by atoms with Crippen LogP contribution in [0.4, 0.5) is 5.69 Å². The predicted octanol–water partition coefficient (Wildman–Crippen LogP) is 4.72. The summed E-state index contributed by atoms with van der Waals surface area (Å²) in [6, 6.07) is 8.59. The van der Waals surface area contributed by atoms with Gasteiger partial charge in [0, 0.05) is 23.9 Å². The van der Waals surface area contributed by atoms with Gasteiger partial charge >= 0.3 is 0 Å². The lowest BCUT2D eigenvalue weighted by molar-refractivity contribution is 0.919. The van der Waals surface area contributed by atoms with Crippen molar-refractivity contribution in [1.29, 1.82) is 0 Å². The highest BCUT2D eigenvalue weighted by molar-refractivity contribution is 5.90. The molecule has 0 bridgehead atoms. The fourth-order valence-corrected chi connectivity index (χ4v) is 3.06. The number of nitrogens with zero attached hydrogens (tertiary/aromatic N) is 2. The van der Waals surface area contributed by atoms with Gasteiger partial charge in [-0.25, -0.2) is 4.99 Å². The summed E-state index contributed by atoms with van der Waals surface area (Å²) in [5, 5.41) is 3.27. The topological polar surface area (TPSA) is 37.3 Å². The second-order valence-corrected chi connectivity index (χ2v) is 6.13. The maximum absolute atomic E-state index is 4.85. The molecule has 3 rings (SSSR count). The molecular formula is C20H23N3. The standard InChI is InChI=1S/C20H23N3/c1-5-18-20-16(9-10-19(23-20)22-13(2)3)17(12-21-18)15-8-6-7-14(4)11-15/h6-8,11-12H,2,5,9-10H2,1,3-4H3,(H,22,23). The van der Waals surface area contributed by atoms with Gasteiger partial charge in [0.2, 0.25) is 0 Å². The Morgan fingerprint density at radius 2 is 2.13 bits per heavy atom. The van der Waals surface area contributed by atoms with E-state index in [1.165, 1.54) is 22.3 Å². The molecule has 23 heavy (non-hydrogen) atoms. The Balaban J connectivity index is 2.13. The van der Waals surface area contributed by atoms with Gasteiger partial charge in [0.05, 0.1) is 11.4 Å². The molecule has 0 saturated carbocycles.